The molecule has 0 saturated carbocycles. The molecular weight excluding hydrogens is 642 g/mol. The van der Waals surface area contributed by atoms with Crippen LogP contribution >= 0.6 is 27.7 Å². The van der Waals surface area contributed by atoms with Crippen LogP contribution in [0.3, 0.4) is 0 Å². The molecule has 3 aromatic carbocycles. The number of thioether (sulfide) groups is 1. The number of nitrogens with zero attached hydrogens (tertiary/aromatic N) is 3. The van der Waals surface area contributed by atoms with Crippen LogP contribution < -0.4 is 24.8 Å². The molecule has 230 valence electrons. The van der Waals surface area contributed by atoms with Crippen molar-refractivity contribution in [3.63, 3.8) is 0 Å². The zero-order valence-electron chi connectivity index (χ0n) is 25.2. The lowest BCUT2D eigenvalue weighted by Crippen LogP contribution is -2.31. The molecule has 1 amide bonds. The summed E-state index contributed by atoms with van der Waals surface area (Å²) in [6.07, 6.45) is 0.995. The number of hydrogen-bond donors (Lipinski definition) is 2. The van der Waals surface area contributed by atoms with E-state index in [1.807, 2.05) is 87.5 Å². The number of rotatable bonds is 13. The molecule has 1 atom stereocenters. The van der Waals surface area contributed by atoms with E-state index >= 15 is 0 Å². The average Bonchev–Trinajstić information content (AvgIpc) is 3.42. The highest BCUT2D eigenvalue weighted by Gasteiger charge is 2.35. The first-order chi connectivity index (χ1) is 21.4. The van der Waals surface area contributed by atoms with Gasteiger partial charge in [-0.15, -0.1) is 5.10 Å². The summed E-state index contributed by atoms with van der Waals surface area (Å²) in [5, 5.41) is 11.9. The van der Waals surface area contributed by atoms with E-state index in [0.717, 1.165) is 27.8 Å². The molecule has 1 unspecified atom stereocenters. The lowest BCUT2D eigenvalue weighted by molar-refractivity contribution is -0.113. The molecular formula is C33H36BrN5O4S. The summed E-state index contributed by atoms with van der Waals surface area (Å²) in [5.74, 6) is 2.99. The minimum Gasteiger partial charge on any atom is -0.492 e. The van der Waals surface area contributed by atoms with Crippen molar-refractivity contribution < 1.29 is 19.0 Å². The molecule has 1 aliphatic heterocycles. The maximum Gasteiger partial charge on any atom is 0.255 e. The van der Waals surface area contributed by atoms with Gasteiger partial charge >= 0.3 is 0 Å². The number of aromatic nitrogens is 3. The van der Waals surface area contributed by atoms with E-state index in [0.29, 0.717) is 65.1 Å². The highest BCUT2D eigenvalue weighted by Crippen LogP contribution is 2.40. The van der Waals surface area contributed by atoms with Gasteiger partial charge in [0.25, 0.3) is 5.91 Å². The molecule has 0 aliphatic carbocycles. The van der Waals surface area contributed by atoms with Gasteiger partial charge in [0.05, 0.1) is 24.5 Å². The van der Waals surface area contributed by atoms with E-state index in [1.54, 1.807) is 16.4 Å². The smallest absolute Gasteiger partial charge is 0.255 e. The number of ether oxygens (including phenoxy) is 3. The second-order valence-corrected chi connectivity index (χ2v) is 12.0. The molecule has 0 radical (unpaired) electrons. The molecule has 0 fully saturated rings. The van der Waals surface area contributed by atoms with Crippen molar-refractivity contribution in [3.8, 4) is 17.2 Å². The molecule has 2 N–H and O–H groups in total. The van der Waals surface area contributed by atoms with Crippen molar-refractivity contribution in [2.75, 3.05) is 29.6 Å². The molecule has 2 heterocycles. The zero-order chi connectivity index (χ0) is 31.1. The SMILES string of the molecule is CCCSc1nc2n(n1)C(c1ccc(OCc3cccc(Br)c3)c(OCC)c1)C(C(=O)Nc1ccccc1OCC)=C(C)N2. The number of allylic oxidation sites excluding steroid dienone is 1. The van der Waals surface area contributed by atoms with E-state index in [9.17, 15) is 4.79 Å². The number of carbonyl (C=O) groups excluding carboxylic acids is 1. The Labute approximate surface area is 270 Å². The van der Waals surface area contributed by atoms with Gasteiger partial charge in [-0.3, -0.25) is 4.79 Å². The molecule has 5 rings (SSSR count). The highest BCUT2D eigenvalue weighted by molar-refractivity contribution is 9.10. The van der Waals surface area contributed by atoms with Crippen LogP contribution in [0.2, 0.25) is 0 Å². The number of para-hydroxylation sites is 2. The maximum absolute atomic E-state index is 14.1. The number of anilines is 2. The lowest BCUT2D eigenvalue weighted by Gasteiger charge is -2.29. The molecule has 0 saturated heterocycles. The quantitative estimate of drug-likeness (QED) is 0.138. The van der Waals surface area contributed by atoms with Gasteiger partial charge in [-0.25, -0.2) is 4.68 Å². The molecule has 0 bridgehead atoms. The van der Waals surface area contributed by atoms with Gasteiger partial charge in [0, 0.05) is 15.9 Å². The number of halogens is 1. The molecule has 9 nitrogen and oxygen atoms in total. The summed E-state index contributed by atoms with van der Waals surface area (Å²) in [7, 11) is 0. The van der Waals surface area contributed by atoms with Gasteiger partial charge in [-0.1, -0.05) is 64.9 Å². The third-order valence-corrected chi connectivity index (χ3v) is 8.35. The minimum absolute atomic E-state index is 0.274. The average molecular weight is 679 g/mol. The summed E-state index contributed by atoms with van der Waals surface area (Å²) in [4.78, 5) is 18.8. The fourth-order valence-corrected chi connectivity index (χ4v) is 6.03. The summed E-state index contributed by atoms with van der Waals surface area (Å²) in [6.45, 7) is 9.15. The van der Waals surface area contributed by atoms with Gasteiger partial charge in [0.2, 0.25) is 11.1 Å². The van der Waals surface area contributed by atoms with Crippen LogP contribution in [0.25, 0.3) is 0 Å². The highest BCUT2D eigenvalue weighted by atomic mass is 79.9. The van der Waals surface area contributed by atoms with Gasteiger partial charge in [-0.2, -0.15) is 4.98 Å². The monoisotopic (exact) mass is 677 g/mol. The van der Waals surface area contributed by atoms with Gasteiger partial charge < -0.3 is 24.8 Å². The van der Waals surface area contributed by atoms with E-state index in [-0.39, 0.29) is 5.91 Å². The van der Waals surface area contributed by atoms with Gasteiger partial charge in [-0.05, 0) is 74.7 Å². The largest absolute Gasteiger partial charge is 0.492 e. The van der Waals surface area contributed by atoms with Crippen LogP contribution in [0.15, 0.2) is 87.6 Å². The van der Waals surface area contributed by atoms with Crippen molar-refractivity contribution in [1.82, 2.24) is 14.8 Å². The lowest BCUT2D eigenvalue weighted by atomic mass is 9.94. The van der Waals surface area contributed by atoms with Crippen LogP contribution in [-0.4, -0.2) is 39.6 Å². The summed E-state index contributed by atoms with van der Waals surface area (Å²) >= 11 is 5.10. The standard InChI is InChI=1S/C33H36BrN5O4S/c1-5-17-44-33-37-32-35-21(4)29(31(40)36-25-13-8-9-14-26(25)41-6-2)30(39(32)38-33)23-15-16-27(28(19-23)42-7-3)43-20-22-11-10-12-24(34)18-22/h8-16,18-19,30H,5-7,17,20H2,1-4H3,(H,36,40)(H,35,37,38). The van der Waals surface area contributed by atoms with Crippen molar-refractivity contribution in [2.24, 2.45) is 0 Å². The van der Waals surface area contributed by atoms with Gasteiger partial charge in [0.1, 0.15) is 18.4 Å². The Morgan fingerprint density at radius 2 is 1.77 bits per heavy atom. The molecule has 11 heteroatoms. The van der Waals surface area contributed by atoms with E-state index < -0.39 is 6.04 Å². The minimum atomic E-state index is -0.577. The zero-order valence-corrected chi connectivity index (χ0v) is 27.6. The first-order valence-corrected chi connectivity index (χ1v) is 16.4. The normalized spacial score (nSPS) is 14.1. The Kier molecular flexibility index (Phi) is 10.5. The maximum atomic E-state index is 14.1. The van der Waals surface area contributed by atoms with Crippen molar-refractivity contribution in [3.05, 3.63) is 93.6 Å². The van der Waals surface area contributed by atoms with E-state index in [4.69, 9.17) is 24.3 Å². The number of benzene rings is 3. The van der Waals surface area contributed by atoms with Crippen molar-refractivity contribution in [1.29, 1.82) is 0 Å². The Morgan fingerprint density at radius 3 is 2.55 bits per heavy atom. The first kappa shape index (κ1) is 31.5. The number of fused-ring (bicyclic) bond motifs is 1. The summed E-state index contributed by atoms with van der Waals surface area (Å²) in [6, 6.07) is 20.6. The van der Waals surface area contributed by atoms with Crippen molar-refractivity contribution >= 4 is 45.2 Å². The summed E-state index contributed by atoms with van der Waals surface area (Å²) in [5.41, 5.74) is 3.62. The number of carbonyl (C=O) groups is 1. The topological polar surface area (TPSA) is 99.5 Å². The number of hydrogen-bond acceptors (Lipinski definition) is 8. The predicted octanol–water partition coefficient (Wildman–Crippen LogP) is 7.85. The fraction of sp³-hybridized carbons (Fsp3) is 0.303. The fourth-order valence-electron chi connectivity index (χ4n) is 4.90. The third kappa shape index (κ3) is 7.22. The molecule has 1 aromatic heterocycles. The number of amides is 1. The molecule has 44 heavy (non-hydrogen) atoms. The number of nitrogens with one attached hydrogen (secondary N) is 2. The second kappa shape index (κ2) is 14.7. The first-order valence-electron chi connectivity index (χ1n) is 14.7. The van der Waals surface area contributed by atoms with Crippen LogP contribution in [0.4, 0.5) is 11.6 Å². The van der Waals surface area contributed by atoms with Gasteiger partial charge in [0.15, 0.2) is 11.5 Å². The van der Waals surface area contributed by atoms with Crippen LogP contribution in [0.1, 0.15) is 51.3 Å². The van der Waals surface area contributed by atoms with Crippen LogP contribution in [0.5, 0.6) is 17.2 Å². The second-order valence-electron chi connectivity index (χ2n) is 10.0. The molecule has 4 aromatic rings. The Morgan fingerprint density at radius 1 is 0.977 bits per heavy atom. The molecule has 0 spiro atoms. The van der Waals surface area contributed by atoms with Crippen LogP contribution in [0, 0.1) is 0 Å². The predicted molar refractivity (Wildman–Crippen MR) is 178 cm³/mol. The summed E-state index contributed by atoms with van der Waals surface area (Å²) < 4.78 is 20.8. The Balaban J connectivity index is 1.53. The molecule has 1 aliphatic rings. The van der Waals surface area contributed by atoms with Crippen LogP contribution in [-0.2, 0) is 11.4 Å². The van der Waals surface area contributed by atoms with Crippen molar-refractivity contribution in [2.45, 2.75) is 51.9 Å². The Hall–Kier alpha value is -3.96. The third-order valence-electron chi connectivity index (χ3n) is 6.81. The van der Waals surface area contributed by atoms with E-state index in [2.05, 4.69) is 33.5 Å². The Bertz CT molecular complexity index is 1660. The van der Waals surface area contributed by atoms with E-state index in [1.165, 1.54) is 0 Å².